The SMILES string of the molecule is O=C(OCc1ccccc1)N1CCC[C@H]1c1cccnc1N1CCCC1. The van der Waals surface area contributed by atoms with Crippen LogP contribution in [0.2, 0.25) is 0 Å². The Kier molecular flexibility index (Phi) is 5.04. The van der Waals surface area contributed by atoms with E-state index in [1.165, 1.54) is 12.8 Å². The Hall–Kier alpha value is -2.56. The first-order chi connectivity index (χ1) is 12.8. The summed E-state index contributed by atoms with van der Waals surface area (Å²) in [6.45, 7) is 3.16. The van der Waals surface area contributed by atoms with Crippen molar-refractivity contribution in [1.29, 1.82) is 0 Å². The van der Waals surface area contributed by atoms with Crippen LogP contribution in [0.25, 0.3) is 0 Å². The van der Waals surface area contributed by atoms with Gasteiger partial charge in [-0.2, -0.15) is 0 Å². The lowest BCUT2D eigenvalue weighted by Crippen LogP contribution is -2.32. The van der Waals surface area contributed by atoms with Crippen LogP contribution in [0.3, 0.4) is 0 Å². The second-order valence-electron chi connectivity index (χ2n) is 7.00. The largest absolute Gasteiger partial charge is 0.445 e. The molecule has 0 aliphatic carbocycles. The number of anilines is 1. The topological polar surface area (TPSA) is 45.7 Å². The van der Waals surface area contributed by atoms with Crippen LogP contribution >= 0.6 is 0 Å². The van der Waals surface area contributed by atoms with Crippen LogP contribution in [-0.2, 0) is 11.3 Å². The normalized spacial score (nSPS) is 19.8. The molecule has 1 aromatic carbocycles. The number of ether oxygens (including phenoxy) is 1. The molecule has 26 heavy (non-hydrogen) atoms. The molecule has 1 amide bonds. The lowest BCUT2D eigenvalue weighted by molar-refractivity contribution is 0.0921. The molecule has 2 aliphatic heterocycles. The first-order valence-corrected chi connectivity index (χ1v) is 9.50. The first kappa shape index (κ1) is 16.9. The molecule has 1 atom stereocenters. The number of aromatic nitrogens is 1. The van der Waals surface area contributed by atoms with Gasteiger partial charge in [0.1, 0.15) is 12.4 Å². The number of carbonyl (C=O) groups is 1. The third-order valence-electron chi connectivity index (χ3n) is 5.27. The third-order valence-corrected chi connectivity index (χ3v) is 5.27. The first-order valence-electron chi connectivity index (χ1n) is 9.50. The van der Waals surface area contributed by atoms with E-state index in [0.717, 1.165) is 49.4 Å². The average molecular weight is 351 g/mol. The molecule has 0 saturated carbocycles. The van der Waals surface area contributed by atoms with Crippen molar-refractivity contribution in [3.05, 3.63) is 59.8 Å². The van der Waals surface area contributed by atoms with E-state index in [2.05, 4.69) is 16.0 Å². The van der Waals surface area contributed by atoms with Crippen molar-refractivity contribution in [2.24, 2.45) is 0 Å². The van der Waals surface area contributed by atoms with Crippen LogP contribution in [0, 0.1) is 0 Å². The third kappa shape index (κ3) is 3.52. The number of nitrogens with zero attached hydrogens (tertiary/aromatic N) is 3. The van der Waals surface area contributed by atoms with Gasteiger partial charge in [-0.25, -0.2) is 9.78 Å². The van der Waals surface area contributed by atoms with Crippen LogP contribution in [0.15, 0.2) is 48.7 Å². The number of likely N-dealkylation sites (tertiary alicyclic amines) is 1. The molecule has 2 fully saturated rings. The molecule has 1 aromatic heterocycles. The van der Waals surface area contributed by atoms with Gasteiger partial charge >= 0.3 is 6.09 Å². The lowest BCUT2D eigenvalue weighted by atomic mass is 10.1. The fourth-order valence-electron chi connectivity index (χ4n) is 3.97. The molecule has 3 heterocycles. The minimum atomic E-state index is -0.229. The highest BCUT2D eigenvalue weighted by molar-refractivity contribution is 5.69. The van der Waals surface area contributed by atoms with Crippen LogP contribution < -0.4 is 4.90 Å². The molecule has 5 heteroatoms. The fourth-order valence-corrected chi connectivity index (χ4v) is 3.97. The summed E-state index contributed by atoms with van der Waals surface area (Å²) in [6, 6.07) is 14.0. The summed E-state index contributed by atoms with van der Waals surface area (Å²) in [4.78, 5) is 21.6. The van der Waals surface area contributed by atoms with Crippen molar-refractivity contribution < 1.29 is 9.53 Å². The molecule has 2 aromatic rings. The number of benzene rings is 1. The number of hydrogen-bond donors (Lipinski definition) is 0. The Morgan fingerprint density at radius 3 is 2.65 bits per heavy atom. The maximum atomic E-state index is 12.7. The van der Waals surface area contributed by atoms with E-state index >= 15 is 0 Å². The Morgan fingerprint density at radius 2 is 1.85 bits per heavy atom. The fraction of sp³-hybridized carbons (Fsp3) is 0.429. The maximum absolute atomic E-state index is 12.7. The molecule has 0 bridgehead atoms. The number of rotatable bonds is 4. The summed E-state index contributed by atoms with van der Waals surface area (Å²) in [5.74, 6) is 1.04. The summed E-state index contributed by atoms with van der Waals surface area (Å²) < 4.78 is 5.58. The molecule has 0 spiro atoms. The van der Waals surface area contributed by atoms with Crippen molar-refractivity contribution in [2.75, 3.05) is 24.5 Å². The van der Waals surface area contributed by atoms with Crippen molar-refractivity contribution in [3.63, 3.8) is 0 Å². The van der Waals surface area contributed by atoms with Crippen LogP contribution in [0.4, 0.5) is 10.6 Å². The summed E-state index contributed by atoms with van der Waals surface area (Å²) >= 11 is 0. The Morgan fingerprint density at radius 1 is 1.04 bits per heavy atom. The van der Waals surface area contributed by atoms with E-state index in [9.17, 15) is 4.79 Å². The summed E-state index contributed by atoms with van der Waals surface area (Å²) in [6.07, 6.45) is 6.01. The molecule has 0 radical (unpaired) electrons. The molecule has 4 rings (SSSR count). The number of carbonyl (C=O) groups excluding carboxylic acids is 1. The molecule has 2 saturated heterocycles. The van der Waals surface area contributed by atoms with E-state index in [-0.39, 0.29) is 12.1 Å². The predicted octanol–water partition coefficient (Wildman–Crippen LogP) is 4.16. The number of amides is 1. The van der Waals surface area contributed by atoms with Crippen LogP contribution in [0.1, 0.15) is 42.9 Å². The van der Waals surface area contributed by atoms with Gasteiger partial charge in [0, 0.05) is 31.4 Å². The zero-order valence-electron chi connectivity index (χ0n) is 15.0. The predicted molar refractivity (Wildman–Crippen MR) is 101 cm³/mol. The van der Waals surface area contributed by atoms with Gasteiger partial charge in [0.05, 0.1) is 6.04 Å². The molecule has 136 valence electrons. The van der Waals surface area contributed by atoms with Crippen molar-refractivity contribution >= 4 is 11.9 Å². The maximum Gasteiger partial charge on any atom is 0.410 e. The zero-order valence-corrected chi connectivity index (χ0v) is 15.0. The van der Waals surface area contributed by atoms with Gasteiger partial charge in [-0.3, -0.25) is 0 Å². The van der Waals surface area contributed by atoms with Gasteiger partial charge in [-0.15, -0.1) is 0 Å². The monoisotopic (exact) mass is 351 g/mol. The van der Waals surface area contributed by atoms with E-state index in [0.29, 0.717) is 6.61 Å². The second-order valence-corrected chi connectivity index (χ2v) is 7.00. The highest BCUT2D eigenvalue weighted by Gasteiger charge is 2.34. The molecular weight excluding hydrogens is 326 g/mol. The Labute approximate surface area is 154 Å². The minimum absolute atomic E-state index is 0.0579. The minimum Gasteiger partial charge on any atom is -0.445 e. The van der Waals surface area contributed by atoms with E-state index in [4.69, 9.17) is 4.74 Å². The van der Waals surface area contributed by atoms with Crippen molar-refractivity contribution in [3.8, 4) is 0 Å². The second kappa shape index (κ2) is 7.77. The smallest absolute Gasteiger partial charge is 0.410 e. The van der Waals surface area contributed by atoms with E-state index in [1.807, 2.05) is 47.5 Å². The van der Waals surface area contributed by atoms with E-state index < -0.39 is 0 Å². The summed E-state index contributed by atoms with van der Waals surface area (Å²) in [7, 11) is 0. The summed E-state index contributed by atoms with van der Waals surface area (Å²) in [5.41, 5.74) is 2.17. The van der Waals surface area contributed by atoms with Gasteiger partial charge in [-0.05, 0) is 37.3 Å². The Balaban J connectivity index is 1.49. The number of pyridine rings is 1. The molecule has 5 nitrogen and oxygen atoms in total. The van der Waals surface area contributed by atoms with E-state index in [1.54, 1.807) is 0 Å². The highest BCUT2D eigenvalue weighted by atomic mass is 16.6. The van der Waals surface area contributed by atoms with Crippen molar-refractivity contribution in [2.45, 2.75) is 38.3 Å². The molecule has 0 N–H and O–H groups in total. The van der Waals surface area contributed by atoms with Crippen LogP contribution in [0.5, 0.6) is 0 Å². The zero-order chi connectivity index (χ0) is 17.8. The average Bonchev–Trinajstić information content (AvgIpc) is 3.39. The molecule has 0 unspecified atom stereocenters. The standard InChI is InChI=1S/C21H25N3O2/c25-21(26-16-17-8-2-1-3-9-17)24-15-7-11-19(24)18-10-6-12-22-20(18)23-13-4-5-14-23/h1-3,6,8-10,12,19H,4-5,7,11,13-16H2/t19-/m0/s1. The van der Waals surface area contributed by atoms with Gasteiger partial charge in [0.15, 0.2) is 0 Å². The quantitative estimate of drug-likeness (QED) is 0.830. The molecule has 2 aliphatic rings. The number of hydrogen-bond acceptors (Lipinski definition) is 4. The van der Waals surface area contributed by atoms with Crippen LogP contribution in [-0.4, -0.2) is 35.6 Å². The summed E-state index contributed by atoms with van der Waals surface area (Å²) in [5, 5.41) is 0. The molecular formula is C21H25N3O2. The lowest BCUT2D eigenvalue weighted by Gasteiger charge is -2.28. The van der Waals surface area contributed by atoms with Gasteiger partial charge in [0.25, 0.3) is 0 Å². The van der Waals surface area contributed by atoms with Gasteiger partial charge in [0.2, 0.25) is 0 Å². The van der Waals surface area contributed by atoms with Gasteiger partial charge < -0.3 is 14.5 Å². The Bertz CT molecular complexity index is 744. The van der Waals surface area contributed by atoms with Crippen molar-refractivity contribution in [1.82, 2.24) is 9.88 Å². The van der Waals surface area contributed by atoms with Gasteiger partial charge in [-0.1, -0.05) is 36.4 Å². The highest BCUT2D eigenvalue weighted by Crippen LogP contribution is 2.37.